The van der Waals surface area contributed by atoms with E-state index in [9.17, 15) is 4.79 Å². The summed E-state index contributed by atoms with van der Waals surface area (Å²) in [7, 11) is 0. The molecule has 0 radical (unpaired) electrons. The van der Waals surface area contributed by atoms with Crippen LogP contribution < -0.4 is 10.6 Å². The molecule has 3 rings (SSSR count). The number of amides is 1. The van der Waals surface area contributed by atoms with Gasteiger partial charge in [0.25, 0.3) is 0 Å². The predicted molar refractivity (Wildman–Crippen MR) is 59.2 cm³/mol. The van der Waals surface area contributed by atoms with E-state index in [4.69, 9.17) is 4.52 Å². The Morgan fingerprint density at radius 1 is 1.53 bits per heavy atom. The molecule has 1 atom stereocenters. The van der Waals surface area contributed by atoms with Gasteiger partial charge >= 0.3 is 0 Å². The van der Waals surface area contributed by atoms with Crippen molar-refractivity contribution in [1.82, 2.24) is 25.8 Å². The smallest absolute Gasteiger partial charge is 0.245 e. The number of nitrogens with zero attached hydrogens (tertiary/aromatic N) is 3. The quantitative estimate of drug-likeness (QED) is 0.777. The van der Waals surface area contributed by atoms with Crippen LogP contribution in [0.25, 0.3) is 10.7 Å². The number of carbonyl (C=O) groups is 1. The summed E-state index contributed by atoms with van der Waals surface area (Å²) in [6.45, 7) is 0.728. The minimum absolute atomic E-state index is 0.0246. The van der Waals surface area contributed by atoms with E-state index < -0.39 is 0 Å². The van der Waals surface area contributed by atoms with Gasteiger partial charge in [0.05, 0.1) is 16.9 Å². The van der Waals surface area contributed by atoms with Crippen molar-refractivity contribution in [1.29, 1.82) is 0 Å². The Kier molecular flexibility index (Phi) is 2.57. The van der Waals surface area contributed by atoms with Gasteiger partial charge in [-0.2, -0.15) is 4.98 Å². The molecular weight excluding hydrogens is 242 g/mol. The summed E-state index contributed by atoms with van der Waals surface area (Å²) in [6.07, 6.45) is 1.69. The van der Waals surface area contributed by atoms with Gasteiger partial charge in [0.2, 0.25) is 17.6 Å². The number of nitrogens with one attached hydrogen (secondary N) is 2. The summed E-state index contributed by atoms with van der Waals surface area (Å²) in [5.41, 5.74) is 1.71. The van der Waals surface area contributed by atoms with Crippen molar-refractivity contribution in [3.8, 4) is 10.7 Å². The van der Waals surface area contributed by atoms with Gasteiger partial charge in [-0.1, -0.05) is 5.16 Å². The van der Waals surface area contributed by atoms with Crippen LogP contribution in [0.1, 0.15) is 11.9 Å². The normalized spacial score (nSPS) is 20.2. The molecule has 8 heteroatoms. The van der Waals surface area contributed by atoms with Gasteiger partial charge in [-0.25, -0.2) is 0 Å². The molecule has 17 heavy (non-hydrogen) atoms. The van der Waals surface area contributed by atoms with E-state index in [0.29, 0.717) is 18.3 Å². The van der Waals surface area contributed by atoms with Crippen LogP contribution >= 0.6 is 11.3 Å². The summed E-state index contributed by atoms with van der Waals surface area (Å²) in [4.78, 5) is 20.1. The lowest BCUT2D eigenvalue weighted by atomic mass is 10.2. The average Bonchev–Trinajstić information content (AvgIpc) is 3.00. The molecular formula is C9H9N5O2S. The molecule has 2 N–H and O–H groups in total. The molecule has 1 saturated heterocycles. The molecule has 0 aromatic carbocycles. The Morgan fingerprint density at radius 2 is 2.47 bits per heavy atom. The summed E-state index contributed by atoms with van der Waals surface area (Å²) >= 11 is 1.45. The molecule has 1 aliphatic heterocycles. The SMILES string of the molecule is O=C1CNC(c2nc(-c3cncs3)no2)CN1. The average molecular weight is 251 g/mol. The first-order valence-electron chi connectivity index (χ1n) is 5.05. The standard InChI is InChI=1S/C9H9N5O2S/c15-7-3-11-5(1-12-7)9-13-8(14-16-9)6-2-10-4-17-6/h2,4-5,11H,1,3H2,(H,12,15). The van der Waals surface area contributed by atoms with Crippen LogP contribution in [0.5, 0.6) is 0 Å². The first-order chi connectivity index (χ1) is 8.33. The van der Waals surface area contributed by atoms with Gasteiger partial charge in [-0.05, 0) is 0 Å². The van der Waals surface area contributed by atoms with Gasteiger partial charge in [0.1, 0.15) is 6.04 Å². The molecule has 2 aromatic heterocycles. The fraction of sp³-hybridized carbons (Fsp3) is 0.333. The highest BCUT2D eigenvalue weighted by atomic mass is 32.1. The number of carbonyl (C=O) groups excluding carboxylic acids is 1. The summed E-state index contributed by atoms with van der Waals surface area (Å²) in [5.74, 6) is 0.984. The molecule has 0 spiro atoms. The molecule has 7 nitrogen and oxygen atoms in total. The van der Waals surface area contributed by atoms with Crippen LogP contribution in [0, 0.1) is 0 Å². The second-order valence-corrected chi connectivity index (χ2v) is 4.45. The zero-order chi connectivity index (χ0) is 11.7. The molecule has 3 heterocycles. The van der Waals surface area contributed by atoms with Crippen molar-refractivity contribution in [3.05, 3.63) is 17.6 Å². The van der Waals surface area contributed by atoms with Crippen LogP contribution in [0.3, 0.4) is 0 Å². The van der Waals surface area contributed by atoms with Crippen molar-refractivity contribution < 1.29 is 9.32 Å². The number of hydrogen-bond donors (Lipinski definition) is 2. The van der Waals surface area contributed by atoms with Gasteiger partial charge in [0.15, 0.2) is 0 Å². The monoisotopic (exact) mass is 251 g/mol. The van der Waals surface area contributed by atoms with Gasteiger partial charge in [-0.3, -0.25) is 15.1 Å². The lowest BCUT2D eigenvalue weighted by molar-refractivity contribution is -0.121. The Hall–Kier alpha value is -1.80. The fourth-order valence-electron chi connectivity index (χ4n) is 1.54. The van der Waals surface area contributed by atoms with Crippen LogP contribution in [0.2, 0.25) is 0 Å². The largest absolute Gasteiger partial charge is 0.353 e. The number of aromatic nitrogens is 3. The number of hydrogen-bond acceptors (Lipinski definition) is 7. The van der Waals surface area contributed by atoms with E-state index in [1.165, 1.54) is 11.3 Å². The zero-order valence-electron chi connectivity index (χ0n) is 8.71. The van der Waals surface area contributed by atoms with E-state index in [1.54, 1.807) is 11.7 Å². The highest BCUT2D eigenvalue weighted by molar-refractivity contribution is 7.13. The van der Waals surface area contributed by atoms with Crippen molar-refractivity contribution in [2.24, 2.45) is 0 Å². The summed E-state index contributed by atoms with van der Waals surface area (Å²) < 4.78 is 5.17. The van der Waals surface area contributed by atoms with E-state index in [-0.39, 0.29) is 18.5 Å². The topological polar surface area (TPSA) is 92.9 Å². The Morgan fingerprint density at radius 3 is 3.18 bits per heavy atom. The van der Waals surface area contributed by atoms with Gasteiger partial charge in [0, 0.05) is 12.7 Å². The first kappa shape index (κ1) is 10.4. The molecule has 0 saturated carbocycles. The van der Waals surface area contributed by atoms with Crippen molar-refractivity contribution >= 4 is 17.2 Å². The summed E-state index contributed by atoms with van der Waals surface area (Å²) in [5, 5.41) is 9.64. The third-order valence-electron chi connectivity index (χ3n) is 2.40. The van der Waals surface area contributed by atoms with Crippen LogP contribution in [0.15, 0.2) is 16.2 Å². The third kappa shape index (κ3) is 2.04. The van der Waals surface area contributed by atoms with E-state index >= 15 is 0 Å². The second kappa shape index (κ2) is 4.22. The number of thiazole rings is 1. The van der Waals surface area contributed by atoms with Gasteiger partial charge in [-0.15, -0.1) is 11.3 Å². The molecule has 0 bridgehead atoms. The molecule has 1 amide bonds. The maximum atomic E-state index is 11.0. The number of rotatable bonds is 2. The Bertz CT molecular complexity index is 513. The minimum atomic E-state index is -0.123. The van der Waals surface area contributed by atoms with E-state index in [0.717, 1.165) is 4.88 Å². The lowest BCUT2D eigenvalue weighted by Gasteiger charge is -2.20. The second-order valence-electron chi connectivity index (χ2n) is 3.56. The third-order valence-corrected chi connectivity index (χ3v) is 3.17. The van der Waals surface area contributed by atoms with Crippen LogP contribution in [-0.4, -0.2) is 34.1 Å². The molecule has 88 valence electrons. The van der Waals surface area contributed by atoms with E-state index in [2.05, 4.69) is 25.8 Å². The molecule has 1 aliphatic rings. The molecule has 1 unspecified atom stereocenters. The Balaban J connectivity index is 1.79. The first-order valence-corrected chi connectivity index (χ1v) is 5.93. The Labute approximate surface area is 100 Å². The van der Waals surface area contributed by atoms with Crippen molar-refractivity contribution in [3.63, 3.8) is 0 Å². The molecule has 1 fully saturated rings. The fourth-order valence-corrected chi connectivity index (χ4v) is 2.09. The lowest BCUT2D eigenvalue weighted by Crippen LogP contribution is -2.47. The predicted octanol–water partition coefficient (Wildman–Crippen LogP) is -0.0464. The van der Waals surface area contributed by atoms with Crippen molar-refractivity contribution in [2.45, 2.75) is 6.04 Å². The highest BCUT2D eigenvalue weighted by Crippen LogP contribution is 2.21. The molecule has 2 aromatic rings. The highest BCUT2D eigenvalue weighted by Gasteiger charge is 2.24. The van der Waals surface area contributed by atoms with Crippen LogP contribution in [0.4, 0.5) is 0 Å². The maximum absolute atomic E-state index is 11.0. The maximum Gasteiger partial charge on any atom is 0.245 e. The number of piperazine rings is 1. The van der Waals surface area contributed by atoms with Gasteiger partial charge < -0.3 is 9.84 Å². The van der Waals surface area contributed by atoms with Crippen LogP contribution in [-0.2, 0) is 4.79 Å². The summed E-state index contributed by atoms with van der Waals surface area (Å²) in [6, 6.07) is -0.123. The molecule has 0 aliphatic carbocycles. The van der Waals surface area contributed by atoms with E-state index in [1.807, 2.05) is 0 Å². The zero-order valence-corrected chi connectivity index (χ0v) is 9.53. The minimum Gasteiger partial charge on any atom is -0.353 e. The van der Waals surface area contributed by atoms with Crippen molar-refractivity contribution in [2.75, 3.05) is 13.1 Å².